The molecule has 1 aromatic heterocycles. The Labute approximate surface area is 203 Å². The number of alkyl halides is 3. The van der Waals surface area contributed by atoms with Crippen LogP contribution in [0.15, 0.2) is 65.3 Å². The predicted octanol–water partition coefficient (Wildman–Crippen LogP) is 5.54. The van der Waals surface area contributed by atoms with E-state index < -0.39 is 30.1 Å². The van der Waals surface area contributed by atoms with Crippen molar-refractivity contribution in [1.82, 2.24) is 4.90 Å². The van der Waals surface area contributed by atoms with Gasteiger partial charge in [0.05, 0.1) is 23.0 Å². The average Bonchev–Trinajstić information content (AvgIpc) is 3.38. The third-order valence-electron chi connectivity index (χ3n) is 6.67. The van der Waals surface area contributed by atoms with Gasteiger partial charge >= 0.3 is 13.3 Å². The van der Waals surface area contributed by atoms with Crippen molar-refractivity contribution in [3.63, 3.8) is 0 Å². The SMILES string of the molecule is CN(Cc1cc(C(F)(F)F)ccc1B1OC(C)(C)C(C)(C)O1)C(=O)c1ccc(-c2ccco2)cc1. The van der Waals surface area contributed by atoms with E-state index in [4.69, 9.17) is 13.7 Å². The second-order valence-electron chi connectivity index (χ2n) is 9.72. The van der Waals surface area contributed by atoms with Crippen LogP contribution in [0.3, 0.4) is 0 Å². The molecule has 1 amide bonds. The van der Waals surface area contributed by atoms with Gasteiger partial charge < -0.3 is 18.6 Å². The maximum absolute atomic E-state index is 13.5. The second-order valence-corrected chi connectivity index (χ2v) is 9.72. The van der Waals surface area contributed by atoms with Crippen molar-refractivity contribution in [2.75, 3.05) is 7.05 Å². The molecule has 35 heavy (non-hydrogen) atoms. The van der Waals surface area contributed by atoms with Gasteiger partial charge in [-0.3, -0.25) is 4.79 Å². The fourth-order valence-electron chi connectivity index (χ4n) is 3.89. The van der Waals surface area contributed by atoms with Crippen LogP contribution < -0.4 is 5.46 Å². The normalized spacial score (nSPS) is 17.0. The molecular formula is C26H27BF3NO4. The molecule has 184 valence electrons. The van der Waals surface area contributed by atoms with Gasteiger partial charge in [0.1, 0.15) is 5.76 Å². The van der Waals surface area contributed by atoms with Gasteiger partial charge in [-0.05, 0) is 69.1 Å². The monoisotopic (exact) mass is 485 g/mol. The maximum atomic E-state index is 13.5. The van der Waals surface area contributed by atoms with E-state index in [2.05, 4.69) is 0 Å². The van der Waals surface area contributed by atoms with E-state index >= 15 is 0 Å². The number of nitrogens with zero attached hydrogens (tertiary/aromatic N) is 1. The summed E-state index contributed by atoms with van der Waals surface area (Å²) in [6.07, 6.45) is -2.96. The van der Waals surface area contributed by atoms with E-state index in [0.717, 1.165) is 17.7 Å². The quantitative estimate of drug-likeness (QED) is 0.446. The van der Waals surface area contributed by atoms with E-state index in [0.29, 0.717) is 22.3 Å². The Balaban J connectivity index is 1.61. The molecule has 0 saturated carbocycles. The molecule has 0 spiro atoms. The first kappa shape index (κ1) is 25.1. The first-order valence-corrected chi connectivity index (χ1v) is 11.2. The highest BCUT2D eigenvalue weighted by Crippen LogP contribution is 2.37. The molecule has 3 aromatic rings. The fraction of sp³-hybridized carbons (Fsp3) is 0.346. The van der Waals surface area contributed by atoms with Crippen molar-refractivity contribution in [1.29, 1.82) is 0 Å². The maximum Gasteiger partial charge on any atom is 0.495 e. The number of carbonyl (C=O) groups excluding carboxylic acids is 1. The van der Waals surface area contributed by atoms with Crippen LogP contribution in [0.2, 0.25) is 0 Å². The number of amides is 1. The minimum absolute atomic E-state index is 0.0535. The first-order chi connectivity index (χ1) is 16.3. The zero-order chi connectivity index (χ0) is 25.6. The molecule has 2 heterocycles. The van der Waals surface area contributed by atoms with Crippen LogP contribution in [0.1, 0.15) is 49.2 Å². The highest BCUT2D eigenvalue weighted by molar-refractivity contribution is 6.62. The summed E-state index contributed by atoms with van der Waals surface area (Å²) >= 11 is 0. The molecule has 1 aliphatic rings. The number of carbonyl (C=O) groups is 1. The molecule has 4 rings (SSSR count). The molecule has 2 aromatic carbocycles. The number of benzene rings is 2. The third kappa shape index (κ3) is 5.02. The lowest BCUT2D eigenvalue weighted by Gasteiger charge is -2.32. The molecule has 0 unspecified atom stereocenters. The van der Waals surface area contributed by atoms with E-state index in [-0.39, 0.29) is 12.5 Å². The molecule has 0 radical (unpaired) electrons. The van der Waals surface area contributed by atoms with E-state index in [1.165, 1.54) is 11.0 Å². The molecule has 9 heteroatoms. The summed E-state index contributed by atoms with van der Waals surface area (Å²) in [6, 6.07) is 13.9. The standard InChI is InChI=1S/C26H27BF3NO4/c1-24(2)25(3,4)35-27(34-24)21-13-12-20(26(28,29)30)15-19(21)16-31(5)23(32)18-10-8-17(9-11-18)22-7-6-14-33-22/h6-15H,16H2,1-5H3. The Morgan fingerprint density at radius 3 is 2.14 bits per heavy atom. The Kier molecular flexibility index (Phi) is 6.36. The summed E-state index contributed by atoms with van der Waals surface area (Å²) in [6.45, 7) is 7.44. The highest BCUT2D eigenvalue weighted by Gasteiger charge is 2.52. The van der Waals surface area contributed by atoms with Crippen LogP contribution in [-0.2, 0) is 22.0 Å². The van der Waals surface area contributed by atoms with Crippen molar-refractivity contribution in [2.24, 2.45) is 0 Å². The van der Waals surface area contributed by atoms with Gasteiger partial charge in [0.25, 0.3) is 5.91 Å². The molecule has 1 aliphatic heterocycles. The Morgan fingerprint density at radius 1 is 0.971 bits per heavy atom. The van der Waals surface area contributed by atoms with Gasteiger partial charge in [0.15, 0.2) is 0 Å². The van der Waals surface area contributed by atoms with Crippen molar-refractivity contribution >= 4 is 18.5 Å². The lowest BCUT2D eigenvalue weighted by atomic mass is 9.75. The predicted molar refractivity (Wildman–Crippen MR) is 127 cm³/mol. The van der Waals surface area contributed by atoms with Crippen molar-refractivity contribution in [3.05, 3.63) is 77.6 Å². The van der Waals surface area contributed by atoms with Crippen LogP contribution in [0.5, 0.6) is 0 Å². The summed E-state index contributed by atoms with van der Waals surface area (Å²) in [5, 5.41) is 0. The minimum atomic E-state index is -4.52. The smallest absolute Gasteiger partial charge is 0.464 e. The van der Waals surface area contributed by atoms with Gasteiger partial charge in [-0.15, -0.1) is 0 Å². The topological polar surface area (TPSA) is 51.9 Å². The number of halogens is 3. The van der Waals surface area contributed by atoms with Crippen LogP contribution >= 0.6 is 0 Å². The van der Waals surface area contributed by atoms with E-state index in [1.54, 1.807) is 43.6 Å². The van der Waals surface area contributed by atoms with Crippen LogP contribution in [-0.4, -0.2) is 36.2 Å². The lowest BCUT2D eigenvalue weighted by Crippen LogP contribution is -2.41. The van der Waals surface area contributed by atoms with Gasteiger partial charge in [-0.25, -0.2) is 0 Å². The summed E-state index contributed by atoms with van der Waals surface area (Å²) < 4.78 is 58.0. The van der Waals surface area contributed by atoms with Crippen molar-refractivity contribution < 1.29 is 31.7 Å². The highest BCUT2D eigenvalue weighted by atomic mass is 19.4. The molecule has 0 bridgehead atoms. The van der Waals surface area contributed by atoms with Crippen molar-refractivity contribution in [3.8, 4) is 11.3 Å². The largest absolute Gasteiger partial charge is 0.495 e. The van der Waals surface area contributed by atoms with Gasteiger partial charge in [-0.2, -0.15) is 13.2 Å². The molecule has 1 fully saturated rings. The second kappa shape index (κ2) is 8.88. The Bertz CT molecular complexity index is 1190. The van der Waals surface area contributed by atoms with E-state index in [9.17, 15) is 18.0 Å². The molecule has 1 saturated heterocycles. The average molecular weight is 485 g/mol. The number of furan rings is 1. The molecule has 0 N–H and O–H groups in total. The molecule has 0 aliphatic carbocycles. The lowest BCUT2D eigenvalue weighted by molar-refractivity contribution is -0.137. The number of rotatable bonds is 5. The third-order valence-corrected chi connectivity index (χ3v) is 6.67. The van der Waals surface area contributed by atoms with E-state index in [1.807, 2.05) is 33.8 Å². The molecule has 0 atom stereocenters. The summed E-state index contributed by atoms with van der Waals surface area (Å²) in [5.74, 6) is 0.349. The summed E-state index contributed by atoms with van der Waals surface area (Å²) in [4.78, 5) is 14.5. The van der Waals surface area contributed by atoms with Crippen LogP contribution in [0.4, 0.5) is 13.2 Å². The zero-order valence-corrected chi connectivity index (χ0v) is 20.3. The van der Waals surface area contributed by atoms with Gasteiger partial charge in [-0.1, -0.05) is 24.3 Å². The fourth-order valence-corrected chi connectivity index (χ4v) is 3.89. The zero-order valence-electron chi connectivity index (χ0n) is 20.3. The van der Waals surface area contributed by atoms with Crippen LogP contribution in [0.25, 0.3) is 11.3 Å². The number of hydrogen-bond donors (Lipinski definition) is 0. The van der Waals surface area contributed by atoms with Crippen LogP contribution in [0, 0.1) is 0 Å². The minimum Gasteiger partial charge on any atom is -0.464 e. The van der Waals surface area contributed by atoms with Gasteiger partial charge in [0, 0.05) is 24.7 Å². The molecular weight excluding hydrogens is 458 g/mol. The Morgan fingerprint density at radius 2 is 1.60 bits per heavy atom. The number of hydrogen-bond acceptors (Lipinski definition) is 4. The Hall–Kier alpha value is -3.04. The van der Waals surface area contributed by atoms with Crippen molar-refractivity contribution in [2.45, 2.75) is 51.6 Å². The van der Waals surface area contributed by atoms with Gasteiger partial charge in [0.2, 0.25) is 0 Å². The first-order valence-electron chi connectivity index (χ1n) is 11.2. The summed E-state index contributed by atoms with van der Waals surface area (Å²) in [7, 11) is 0.699. The molecule has 5 nitrogen and oxygen atoms in total. The summed E-state index contributed by atoms with van der Waals surface area (Å²) in [5.41, 5.74) is -0.117.